The van der Waals surface area contributed by atoms with Crippen molar-refractivity contribution in [1.29, 1.82) is 0 Å². The second-order valence-electron chi connectivity index (χ2n) is 7.47. The molecule has 0 unspecified atom stereocenters. The van der Waals surface area contributed by atoms with Crippen LogP contribution in [-0.2, 0) is 17.0 Å². The Morgan fingerprint density at radius 2 is 2.06 bits per heavy atom. The van der Waals surface area contributed by atoms with E-state index in [1.165, 1.54) is 15.9 Å². The molecule has 0 bridgehead atoms. The predicted octanol–water partition coefficient (Wildman–Crippen LogP) is 4.99. The first-order chi connectivity index (χ1) is 14.9. The van der Waals surface area contributed by atoms with E-state index >= 15 is 0 Å². The topological polar surface area (TPSA) is 89.3 Å². The summed E-state index contributed by atoms with van der Waals surface area (Å²) in [5.74, 6) is 0.482. The summed E-state index contributed by atoms with van der Waals surface area (Å²) in [6, 6.07) is 7.28. The molecule has 10 heteroatoms. The number of benzene rings is 1. The summed E-state index contributed by atoms with van der Waals surface area (Å²) in [4.78, 5) is 34.3. The standard InChI is InChI=1S/C21H23N5O2S3/c1-4-5-6-17-25-26-18(27)10-14(23-20(26)31-17)11-29-21-24-15-8-7-13(9-16(15)30-21)22-19(28)12(2)3/h7-10,12H,4-6,11H2,1-3H3,(H,22,28). The number of amides is 1. The molecule has 0 saturated carbocycles. The molecule has 0 radical (unpaired) electrons. The lowest BCUT2D eigenvalue weighted by molar-refractivity contribution is -0.118. The maximum absolute atomic E-state index is 12.4. The number of hydrogen-bond acceptors (Lipinski definition) is 8. The molecule has 31 heavy (non-hydrogen) atoms. The number of rotatable bonds is 8. The number of carbonyl (C=O) groups is 1. The van der Waals surface area contributed by atoms with E-state index in [-0.39, 0.29) is 17.4 Å². The Hall–Kier alpha value is -2.30. The highest BCUT2D eigenvalue weighted by Gasteiger charge is 2.12. The number of thiazole rings is 1. The molecule has 1 N–H and O–H groups in total. The van der Waals surface area contributed by atoms with Crippen molar-refractivity contribution in [1.82, 2.24) is 19.6 Å². The Bertz CT molecular complexity index is 1290. The molecule has 4 rings (SSSR count). The molecular weight excluding hydrogens is 450 g/mol. The molecule has 0 saturated heterocycles. The van der Waals surface area contributed by atoms with Gasteiger partial charge in [0.25, 0.3) is 5.56 Å². The van der Waals surface area contributed by atoms with E-state index in [0.29, 0.717) is 10.7 Å². The Balaban J connectivity index is 1.48. The van der Waals surface area contributed by atoms with Crippen LogP contribution >= 0.6 is 34.4 Å². The molecule has 0 atom stereocenters. The molecule has 0 fully saturated rings. The summed E-state index contributed by atoms with van der Waals surface area (Å²) in [6.07, 6.45) is 3.02. The second-order valence-corrected chi connectivity index (χ2v) is 10.8. The Morgan fingerprint density at radius 1 is 1.23 bits per heavy atom. The minimum absolute atomic E-state index is 0.00728. The van der Waals surface area contributed by atoms with Crippen LogP contribution in [0.15, 0.2) is 33.4 Å². The molecule has 7 nitrogen and oxygen atoms in total. The van der Waals surface area contributed by atoms with Crippen LogP contribution in [0.25, 0.3) is 15.2 Å². The second kappa shape index (κ2) is 9.46. The summed E-state index contributed by atoms with van der Waals surface area (Å²) in [5.41, 5.74) is 2.25. The van der Waals surface area contributed by atoms with Gasteiger partial charge in [-0.2, -0.15) is 9.61 Å². The number of thioether (sulfide) groups is 1. The van der Waals surface area contributed by atoms with Gasteiger partial charge in [-0.25, -0.2) is 9.97 Å². The molecule has 0 aliphatic carbocycles. The summed E-state index contributed by atoms with van der Waals surface area (Å²) in [6.45, 7) is 5.87. The fraction of sp³-hybridized carbons (Fsp3) is 0.381. The number of aryl methyl sites for hydroxylation is 1. The maximum atomic E-state index is 12.4. The van der Waals surface area contributed by atoms with Crippen LogP contribution in [0.3, 0.4) is 0 Å². The molecule has 0 spiro atoms. The van der Waals surface area contributed by atoms with E-state index in [2.05, 4.69) is 27.3 Å². The molecule has 0 aliphatic heterocycles. The van der Waals surface area contributed by atoms with Crippen LogP contribution in [0.1, 0.15) is 44.3 Å². The fourth-order valence-electron chi connectivity index (χ4n) is 2.86. The van der Waals surface area contributed by atoms with Crippen molar-refractivity contribution in [2.75, 3.05) is 5.32 Å². The first-order valence-electron chi connectivity index (χ1n) is 10.2. The Morgan fingerprint density at radius 3 is 2.84 bits per heavy atom. The van der Waals surface area contributed by atoms with Crippen LogP contribution < -0.4 is 10.9 Å². The SMILES string of the molecule is CCCCc1nn2c(=O)cc(CSc3nc4ccc(NC(=O)C(C)C)cc4s3)nc2s1. The third kappa shape index (κ3) is 5.13. The molecule has 1 amide bonds. The molecule has 1 aromatic carbocycles. The molecule has 162 valence electrons. The van der Waals surface area contributed by atoms with Crippen LogP contribution in [0.4, 0.5) is 5.69 Å². The number of fused-ring (bicyclic) bond motifs is 2. The van der Waals surface area contributed by atoms with Gasteiger partial charge < -0.3 is 5.32 Å². The summed E-state index contributed by atoms with van der Waals surface area (Å²) in [7, 11) is 0. The third-order valence-electron chi connectivity index (χ3n) is 4.59. The van der Waals surface area contributed by atoms with Gasteiger partial charge in [0, 0.05) is 29.8 Å². The highest BCUT2D eigenvalue weighted by Crippen LogP contribution is 2.32. The van der Waals surface area contributed by atoms with E-state index in [9.17, 15) is 9.59 Å². The normalized spacial score (nSPS) is 11.6. The number of nitrogens with zero attached hydrogens (tertiary/aromatic N) is 4. The molecule has 3 heterocycles. The van der Waals surface area contributed by atoms with Gasteiger partial charge in [-0.1, -0.05) is 50.3 Å². The zero-order valence-corrected chi connectivity index (χ0v) is 20.0. The van der Waals surface area contributed by atoms with Crippen LogP contribution in [-0.4, -0.2) is 25.5 Å². The lowest BCUT2D eigenvalue weighted by Gasteiger charge is -2.06. The maximum Gasteiger partial charge on any atom is 0.275 e. The van der Waals surface area contributed by atoms with Gasteiger partial charge in [-0.15, -0.1) is 11.3 Å². The van der Waals surface area contributed by atoms with Gasteiger partial charge in [0.15, 0.2) is 4.34 Å². The average molecular weight is 474 g/mol. The highest BCUT2D eigenvalue weighted by molar-refractivity contribution is 8.00. The highest BCUT2D eigenvalue weighted by atomic mass is 32.2. The van der Waals surface area contributed by atoms with Crippen molar-refractivity contribution in [3.05, 3.63) is 45.3 Å². The number of hydrogen-bond donors (Lipinski definition) is 1. The van der Waals surface area contributed by atoms with Gasteiger partial charge >= 0.3 is 0 Å². The lowest BCUT2D eigenvalue weighted by Crippen LogP contribution is -2.17. The summed E-state index contributed by atoms with van der Waals surface area (Å²) >= 11 is 4.61. The Kier molecular flexibility index (Phi) is 6.68. The van der Waals surface area contributed by atoms with E-state index in [1.807, 2.05) is 32.0 Å². The van der Waals surface area contributed by atoms with Gasteiger partial charge in [0.05, 0.1) is 15.9 Å². The van der Waals surface area contributed by atoms with Crippen LogP contribution in [0.2, 0.25) is 0 Å². The number of unbranched alkanes of at least 4 members (excludes halogenated alkanes) is 1. The van der Waals surface area contributed by atoms with E-state index in [4.69, 9.17) is 0 Å². The Labute approximate surface area is 191 Å². The van der Waals surface area contributed by atoms with Crippen molar-refractivity contribution in [3.63, 3.8) is 0 Å². The van der Waals surface area contributed by atoms with Crippen molar-refractivity contribution >= 4 is 61.2 Å². The number of anilines is 1. The van der Waals surface area contributed by atoms with Crippen molar-refractivity contribution in [2.45, 2.75) is 50.1 Å². The first-order valence-corrected chi connectivity index (χ1v) is 12.8. The fourth-order valence-corrected chi connectivity index (χ4v) is 5.82. The number of aromatic nitrogens is 4. The van der Waals surface area contributed by atoms with Crippen LogP contribution in [0.5, 0.6) is 0 Å². The van der Waals surface area contributed by atoms with Crippen LogP contribution in [0, 0.1) is 5.92 Å². The smallest absolute Gasteiger partial charge is 0.275 e. The zero-order valence-electron chi connectivity index (χ0n) is 17.5. The zero-order chi connectivity index (χ0) is 22.0. The first kappa shape index (κ1) is 21.9. The van der Waals surface area contributed by atoms with Gasteiger partial charge in [-0.05, 0) is 24.6 Å². The predicted molar refractivity (Wildman–Crippen MR) is 128 cm³/mol. The molecule has 3 aromatic heterocycles. The van der Waals surface area contributed by atoms with E-state index < -0.39 is 0 Å². The van der Waals surface area contributed by atoms with Crippen molar-refractivity contribution in [2.24, 2.45) is 5.92 Å². The number of nitrogens with one attached hydrogen (secondary N) is 1. The minimum Gasteiger partial charge on any atom is -0.326 e. The van der Waals surface area contributed by atoms with Crippen molar-refractivity contribution in [3.8, 4) is 0 Å². The van der Waals surface area contributed by atoms with Gasteiger partial charge in [0.1, 0.15) is 5.01 Å². The molecular formula is C21H23N5O2S3. The minimum atomic E-state index is -0.144. The van der Waals surface area contributed by atoms with E-state index in [1.54, 1.807) is 29.2 Å². The largest absolute Gasteiger partial charge is 0.326 e. The van der Waals surface area contributed by atoms with E-state index in [0.717, 1.165) is 50.2 Å². The van der Waals surface area contributed by atoms with Gasteiger partial charge in [-0.3, -0.25) is 9.59 Å². The van der Waals surface area contributed by atoms with Gasteiger partial charge in [0.2, 0.25) is 10.9 Å². The number of carbonyl (C=O) groups excluding carboxylic acids is 1. The molecule has 0 aliphatic rings. The molecule has 4 aromatic rings. The summed E-state index contributed by atoms with van der Waals surface area (Å²) in [5, 5.41) is 8.26. The lowest BCUT2D eigenvalue weighted by atomic mass is 10.2. The average Bonchev–Trinajstić information content (AvgIpc) is 3.34. The monoisotopic (exact) mass is 473 g/mol. The third-order valence-corrected chi connectivity index (χ3v) is 7.75. The quantitative estimate of drug-likeness (QED) is 0.363. The summed E-state index contributed by atoms with van der Waals surface area (Å²) < 4.78 is 3.31. The van der Waals surface area contributed by atoms with Crippen molar-refractivity contribution < 1.29 is 4.79 Å².